The predicted octanol–water partition coefficient (Wildman–Crippen LogP) is 5.28. The van der Waals surface area contributed by atoms with Crippen molar-refractivity contribution in [2.45, 2.75) is 31.1 Å². The van der Waals surface area contributed by atoms with Crippen molar-refractivity contribution in [3.63, 3.8) is 0 Å². The van der Waals surface area contributed by atoms with Gasteiger partial charge in [-0.25, -0.2) is 4.98 Å². The fourth-order valence-corrected chi connectivity index (χ4v) is 5.12. The lowest BCUT2D eigenvalue weighted by Gasteiger charge is -2.34. The van der Waals surface area contributed by atoms with Crippen molar-refractivity contribution in [1.82, 2.24) is 9.88 Å². The Kier molecular flexibility index (Phi) is 5.58. The lowest BCUT2D eigenvalue weighted by molar-refractivity contribution is 0.0746. The second-order valence-electron chi connectivity index (χ2n) is 8.44. The van der Waals surface area contributed by atoms with Crippen LogP contribution in [0.5, 0.6) is 0 Å². The van der Waals surface area contributed by atoms with Crippen molar-refractivity contribution in [2.24, 2.45) is 0 Å². The number of piperazine rings is 1. The Hall–Kier alpha value is -2.05. The van der Waals surface area contributed by atoms with Gasteiger partial charge in [0.25, 0.3) is 5.91 Å². The quantitative estimate of drug-likeness (QED) is 0.535. The summed E-state index contributed by atoms with van der Waals surface area (Å²) in [6.07, 6.45) is 2.09. The number of benzene rings is 2. The maximum atomic E-state index is 12.9. The van der Waals surface area contributed by atoms with Gasteiger partial charge >= 0.3 is 0 Å². The van der Waals surface area contributed by atoms with E-state index in [1.165, 1.54) is 15.2 Å². The molecule has 6 heteroatoms. The van der Waals surface area contributed by atoms with Crippen LogP contribution in [0, 0.1) is 0 Å². The summed E-state index contributed by atoms with van der Waals surface area (Å²) in [6, 6.07) is 14.5. The van der Waals surface area contributed by atoms with Crippen molar-refractivity contribution in [3.8, 4) is 0 Å². The highest BCUT2D eigenvalue weighted by atomic mass is 32.2. The van der Waals surface area contributed by atoms with E-state index in [-0.39, 0.29) is 11.3 Å². The molecule has 0 atom stereocenters. The summed E-state index contributed by atoms with van der Waals surface area (Å²) in [5, 5.41) is 1.06. The van der Waals surface area contributed by atoms with Crippen LogP contribution in [-0.2, 0) is 5.41 Å². The molecule has 4 rings (SSSR count). The average Bonchev–Trinajstić information content (AvgIpc) is 3.16. The van der Waals surface area contributed by atoms with Crippen LogP contribution < -0.4 is 4.90 Å². The van der Waals surface area contributed by atoms with Crippen LogP contribution in [0.15, 0.2) is 47.4 Å². The highest BCUT2D eigenvalue weighted by Gasteiger charge is 2.24. The molecule has 1 saturated heterocycles. The second-order valence-corrected chi connectivity index (χ2v) is 10.3. The molecular formula is C23H27N3OS2. The van der Waals surface area contributed by atoms with E-state index in [0.29, 0.717) is 0 Å². The summed E-state index contributed by atoms with van der Waals surface area (Å²) >= 11 is 3.49. The van der Waals surface area contributed by atoms with E-state index in [1.54, 1.807) is 23.1 Å². The average molecular weight is 426 g/mol. The third kappa shape index (κ3) is 4.28. The maximum Gasteiger partial charge on any atom is 0.253 e. The monoisotopic (exact) mass is 425 g/mol. The molecule has 0 radical (unpaired) electrons. The second kappa shape index (κ2) is 8.00. The van der Waals surface area contributed by atoms with Gasteiger partial charge in [0.1, 0.15) is 0 Å². The summed E-state index contributed by atoms with van der Waals surface area (Å²) in [6.45, 7) is 9.66. The van der Waals surface area contributed by atoms with Crippen LogP contribution >= 0.6 is 23.1 Å². The van der Waals surface area contributed by atoms with Gasteiger partial charge in [-0.2, -0.15) is 0 Å². The van der Waals surface area contributed by atoms with E-state index in [2.05, 4.69) is 62.3 Å². The molecule has 2 heterocycles. The number of thiazole rings is 1. The maximum absolute atomic E-state index is 12.9. The number of carbonyl (C=O) groups is 1. The number of nitrogens with zero attached hydrogens (tertiary/aromatic N) is 3. The first kappa shape index (κ1) is 20.2. The van der Waals surface area contributed by atoms with Gasteiger partial charge in [-0.3, -0.25) is 4.79 Å². The molecule has 3 aromatic rings. The first-order chi connectivity index (χ1) is 13.8. The minimum absolute atomic E-state index is 0.0982. The van der Waals surface area contributed by atoms with Crippen LogP contribution in [0.1, 0.15) is 36.7 Å². The normalized spacial score (nSPS) is 15.2. The molecule has 1 aliphatic heterocycles. The van der Waals surface area contributed by atoms with Crippen LogP contribution in [0.2, 0.25) is 0 Å². The van der Waals surface area contributed by atoms with Gasteiger partial charge in [0.2, 0.25) is 0 Å². The van der Waals surface area contributed by atoms with E-state index in [0.717, 1.165) is 42.4 Å². The highest BCUT2D eigenvalue weighted by molar-refractivity contribution is 7.98. The topological polar surface area (TPSA) is 36.4 Å². The van der Waals surface area contributed by atoms with Gasteiger partial charge in [0, 0.05) is 36.6 Å². The number of amides is 1. The van der Waals surface area contributed by atoms with Crippen LogP contribution in [-0.4, -0.2) is 48.2 Å². The number of aromatic nitrogens is 1. The summed E-state index contributed by atoms with van der Waals surface area (Å²) in [4.78, 5) is 23.2. The summed E-state index contributed by atoms with van der Waals surface area (Å²) in [5.74, 6) is 0.124. The molecular weight excluding hydrogens is 398 g/mol. The molecule has 1 aromatic heterocycles. The first-order valence-corrected chi connectivity index (χ1v) is 12.0. The van der Waals surface area contributed by atoms with E-state index < -0.39 is 0 Å². The van der Waals surface area contributed by atoms with Gasteiger partial charge in [-0.05, 0) is 47.6 Å². The van der Waals surface area contributed by atoms with E-state index in [1.807, 2.05) is 17.0 Å². The number of hydrogen-bond acceptors (Lipinski definition) is 5. The molecule has 1 fully saturated rings. The number of hydrogen-bond donors (Lipinski definition) is 0. The Bertz CT molecular complexity index is 1010. The summed E-state index contributed by atoms with van der Waals surface area (Å²) in [5.41, 5.74) is 3.18. The zero-order valence-electron chi connectivity index (χ0n) is 17.4. The lowest BCUT2D eigenvalue weighted by Crippen LogP contribution is -2.48. The van der Waals surface area contributed by atoms with Gasteiger partial charge in [-0.1, -0.05) is 44.2 Å². The Balaban J connectivity index is 1.42. The molecule has 0 N–H and O–H groups in total. The van der Waals surface area contributed by atoms with Gasteiger partial charge in [0.05, 0.1) is 10.2 Å². The van der Waals surface area contributed by atoms with Crippen molar-refractivity contribution >= 4 is 44.4 Å². The molecule has 0 saturated carbocycles. The van der Waals surface area contributed by atoms with Crippen molar-refractivity contribution in [2.75, 3.05) is 37.3 Å². The molecule has 0 aliphatic carbocycles. The standard InChI is InChI=1S/C23H27N3OS2/c1-23(2,3)17-7-5-16(6-8-17)21(27)25-11-13-26(14-12-25)22-24-19-10-9-18(28-4)15-20(19)29-22/h5-10,15H,11-14H2,1-4H3. The van der Waals surface area contributed by atoms with E-state index >= 15 is 0 Å². The van der Waals surface area contributed by atoms with Gasteiger partial charge < -0.3 is 9.80 Å². The van der Waals surface area contributed by atoms with Crippen molar-refractivity contribution in [3.05, 3.63) is 53.6 Å². The minimum Gasteiger partial charge on any atom is -0.345 e. The van der Waals surface area contributed by atoms with Crippen LogP contribution in [0.3, 0.4) is 0 Å². The van der Waals surface area contributed by atoms with Crippen LogP contribution in [0.25, 0.3) is 10.2 Å². The van der Waals surface area contributed by atoms with Gasteiger partial charge in [0.15, 0.2) is 5.13 Å². The fraction of sp³-hybridized carbons (Fsp3) is 0.391. The Morgan fingerprint density at radius 1 is 1.03 bits per heavy atom. The molecule has 4 nitrogen and oxygen atoms in total. The number of rotatable bonds is 3. The molecule has 1 aliphatic rings. The van der Waals surface area contributed by atoms with E-state index in [4.69, 9.17) is 4.98 Å². The Morgan fingerprint density at radius 3 is 2.34 bits per heavy atom. The molecule has 29 heavy (non-hydrogen) atoms. The molecule has 152 valence electrons. The van der Waals surface area contributed by atoms with Crippen molar-refractivity contribution in [1.29, 1.82) is 0 Å². The molecule has 0 spiro atoms. The first-order valence-electron chi connectivity index (χ1n) is 9.94. The Labute approximate surface area is 180 Å². The minimum atomic E-state index is 0.0982. The lowest BCUT2D eigenvalue weighted by atomic mass is 9.86. The number of fused-ring (bicyclic) bond motifs is 1. The zero-order valence-corrected chi connectivity index (χ0v) is 19.1. The molecule has 0 unspecified atom stereocenters. The number of anilines is 1. The smallest absolute Gasteiger partial charge is 0.253 e. The Morgan fingerprint density at radius 2 is 1.72 bits per heavy atom. The largest absolute Gasteiger partial charge is 0.345 e. The van der Waals surface area contributed by atoms with Crippen molar-refractivity contribution < 1.29 is 4.79 Å². The third-order valence-electron chi connectivity index (χ3n) is 5.42. The number of carbonyl (C=O) groups excluding carboxylic acids is 1. The number of thioether (sulfide) groups is 1. The molecule has 2 aromatic carbocycles. The summed E-state index contributed by atoms with van der Waals surface area (Å²) < 4.78 is 1.23. The fourth-order valence-electron chi connectivity index (χ4n) is 3.55. The van der Waals surface area contributed by atoms with E-state index in [9.17, 15) is 4.79 Å². The molecule has 0 bridgehead atoms. The third-order valence-corrected chi connectivity index (χ3v) is 7.22. The highest BCUT2D eigenvalue weighted by Crippen LogP contribution is 2.32. The zero-order chi connectivity index (χ0) is 20.6. The predicted molar refractivity (Wildman–Crippen MR) is 125 cm³/mol. The van der Waals surface area contributed by atoms with Crippen LogP contribution in [0.4, 0.5) is 5.13 Å². The molecule has 1 amide bonds. The summed E-state index contributed by atoms with van der Waals surface area (Å²) in [7, 11) is 0. The van der Waals surface area contributed by atoms with Gasteiger partial charge in [-0.15, -0.1) is 11.8 Å². The SMILES string of the molecule is CSc1ccc2nc(N3CCN(C(=O)c4ccc(C(C)(C)C)cc4)CC3)sc2c1.